The van der Waals surface area contributed by atoms with Crippen LogP contribution in [-0.2, 0) is 11.3 Å². The van der Waals surface area contributed by atoms with E-state index in [9.17, 15) is 31.5 Å². The van der Waals surface area contributed by atoms with Gasteiger partial charge in [0.1, 0.15) is 29.1 Å². The largest absolute Gasteiger partial charge is 0.409 e. The number of hydrogen-bond donors (Lipinski definition) is 0. The van der Waals surface area contributed by atoms with Gasteiger partial charge in [0.15, 0.2) is 0 Å². The molecule has 2 aliphatic heterocycles. The van der Waals surface area contributed by atoms with E-state index in [4.69, 9.17) is 4.74 Å². The van der Waals surface area contributed by atoms with Crippen molar-refractivity contribution in [3.63, 3.8) is 0 Å². The van der Waals surface area contributed by atoms with Crippen molar-refractivity contribution in [2.45, 2.75) is 25.2 Å². The molecule has 0 radical (unpaired) electrons. The van der Waals surface area contributed by atoms with Crippen LogP contribution in [0.25, 0.3) is 0 Å². The van der Waals surface area contributed by atoms with Gasteiger partial charge < -0.3 is 9.64 Å². The highest BCUT2D eigenvalue weighted by atomic mass is 19.4. The molecular weight excluding hydrogens is 427 g/mol. The summed E-state index contributed by atoms with van der Waals surface area (Å²) in [6.45, 7) is 0.990. The Labute approximate surface area is 172 Å². The maximum atomic E-state index is 14.2. The second-order valence-electron chi connectivity index (χ2n) is 7.12. The first kappa shape index (κ1) is 21.2. The fraction of sp³-hybridized carbons (Fsp3) is 0.421. The minimum absolute atomic E-state index is 0.0641. The smallest absolute Gasteiger partial charge is 0.378 e. The number of rotatable bonds is 2. The zero-order valence-electron chi connectivity index (χ0n) is 16.0. The Morgan fingerprint density at radius 3 is 2.35 bits per heavy atom. The van der Waals surface area contributed by atoms with E-state index >= 15 is 0 Å². The molecule has 7 nitrogen and oxygen atoms in total. The van der Waals surface area contributed by atoms with E-state index in [1.54, 1.807) is 4.90 Å². The third kappa shape index (κ3) is 3.87. The summed E-state index contributed by atoms with van der Waals surface area (Å²) in [5, 5.41) is 0. The molecule has 12 heteroatoms. The van der Waals surface area contributed by atoms with Crippen LogP contribution in [0, 0.1) is 11.6 Å². The van der Waals surface area contributed by atoms with Crippen molar-refractivity contribution in [2.75, 3.05) is 36.1 Å². The van der Waals surface area contributed by atoms with Crippen molar-refractivity contribution < 1.29 is 31.5 Å². The average Bonchev–Trinajstić information content (AvgIpc) is 2.72. The molecular formula is C19H17F5N4O3. The van der Waals surface area contributed by atoms with Crippen molar-refractivity contribution in [1.82, 2.24) is 9.55 Å². The number of alkyl halides is 3. The van der Waals surface area contributed by atoms with Crippen molar-refractivity contribution >= 4 is 17.7 Å². The molecule has 3 heterocycles. The summed E-state index contributed by atoms with van der Waals surface area (Å²) >= 11 is 0. The predicted octanol–water partition coefficient (Wildman–Crippen LogP) is 2.34. The number of anilines is 2. The van der Waals surface area contributed by atoms with E-state index in [1.807, 2.05) is 0 Å². The molecule has 0 bridgehead atoms. The van der Waals surface area contributed by atoms with Gasteiger partial charge in [-0.25, -0.2) is 8.78 Å². The van der Waals surface area contributed by atoms with Crippen LogP contribution >= 0.6 is 0 Å². The fourth-order valence-electron chi connectivity index (χ4n) is 3.72. The molecule has 166 valence electrons. The standard InChI is InChI=1S/C19H17F5N4O3/c20-11-2-1-3-12(21)16(11)17(30)28-13(19(22,23)24)4-5-27-15(29)10-14(25-18(27)28)26-6-8-31-9-7-26/h1-3,10,13H,4-9H2. The first-order valence-corrected chi connectivity index (χ1v) is 9.47. The third-order valence-corrected chi connectivity index (χ3v) is 5.24. The van der Waals surface area contributed by atoms with Crippen molar-refractivity contribution in [3.05, 3.63) is 51.8 Å². The van der Waals surface area contributed by atoms with Gasteiger partial charge in [0.2, 0.25) is 5.95 Å². The van der Waals surface area contributed by atoms with E-state index in [0.29, 0.717) is 26.3 Å². The summed E-state index contributed by atoms with van der Waals surface area (Å²) in [6, 6.07) is 1.30. The number of aromatic nitrogens is 2. The van der Waals surface area contributed by atoms with Gasteiger partial charge in [0, 0.05) is 25.7 Å². The first-order chi connectivity index (χ1) is 14.7. The number of halogens is 5. The van der Waals surface area contributed by atoms with Crippen LogP contribution in [0.15, 0.2) is 29.1 Å². The van der Waals surface area contributed by atoms with Crippen molar-refractivity contribution in [3.8, 4) is 0 Å². The Hall–Kier alpha value is -3.02. The molecule has 1 unspecified atom stereocenters. The van der Waals surface area contributed by atoms with Crippen molar-refractivity contribution in [1.29, 1.82) is 0 Å². The second-order valence-corrected chi connectivity index (χ2v) is 7.12. The molecule has 4 rings (SSSR count). The third-order valence-electron chi connectivity index (χ3n) is 5.24. The van der Waals surface area contributed by atoms with E-state index in [-0.39, 0.29) is 17.3 Å². The summed E-state index contributed by atoms with van der Waals surface area (Å²) in [7, 11) is 0. The molecule has 1 atom stereocenters. The molecule has 0 saturated carbocycles. The molecule has 1 fully saturated rings. The molecule has 31 heavy (non-hydrogen) atoms. The van der Waals surface area contributed by atoms with Crippen molar-refractivity contribution in [2.24, 2.45) is 0 Å². The topological polar surface area (TPSA) is 67.7 Å². The van der Waals surface area contributed by atoms with Crippen LogP contribution in [0.3, 0.4) is 0 Å². The number of carbonyl (C=O) groups is 1. The maximum absolute atomic E-state index is 14.2. The molecule has 0 spiro atoms. The number of nitrogens with zero attached hydrogens (tertiary/aromatic N) is 4. The average molecular weight is 444 g/mol. The molecule has 2 aromatic rings. The van der Waals surface area contributed by atoms with E-state index in [0.717, 1.165) is 28.8 Å². The molecule has 1 aromatic heterocycles. The monoisotopic (exact) mass is 444 g/mol. The number of carbonyl (C=O) groups excluding carboxylic acids is 1. The van der Waals surface area contributed by atoms with Gasteiger partial charge in [-0.3, -0.25) is 19.1 Å². The number of amides is 1. The molecule has 1 aromatic carbocycles. The molecule has 2 aliphatic rings. The first-order valence-electron chi connectivity index (χ1n) is 9.47. The zero-order valence-corrected chi connectivity index (χ0v) is 16.0. The van der Waals surface area contributed by atoms with Crippen LogP contribution in [0.1, 0.15) is 16.8 Å². The summed E-state index contributed by atoms with van der Waals surface area (Å²) < 4.78 is 76.0. The Kier molecular flexibility index (Phi) is 5.42. The fourth-order valence-corrected chi connectivity index (χ4v) is 3.72. The lowest BCUT2D eigenvalue weighted by Crippen LogP contribution is -2.55. The lowest BCUT2D eigenvalue weighted by atomic mass is 10.1. The van der Waals surface area contributed by atoms with Crippen LogP contribution in [0.5, 0.6) is 0 Å². The minimum Gasteiger partial charge on any atom is -0.378 e. The summed E-state index contributed by atoms with van der Waals surface area (Å²) in [5.74, 6) is -4.72. The van der Waals surface area contributed by atoms with Gasteiger partial charge in [0.05, 0.1) is 13.2 Å². The lowest BCUT2D eigenvalue weighted by Gasteiger charge is -2.38. The van der Waals surface area contributed by atoms with Gasteiger partial charge in [-0.1, -0.05) is 6.07 Å². The molecule has 1 saturated heterocycles. The predicted molar refractivity (Wildman–Crippen MR) is 99.2 cm³/mol. The SMILES string of the molecule is O=C(c1c(F)cccc1F)N1c2nc(N3CCOCC3)cc(=O)n2CCC1C(F)(F)F. The highest BCUT2D eigenvalue weighted by Crippen LogP contribution is 2.36. The van der Waals surface area contributed by atoms with E-state index in [2.05, 4.69) is 4.98 Å². The number of fused-ring (bicyclic) bond motifs is 1. The van der Waals surface area contributed by atoms with Crippen LogP contribution in [0.2, 0.25) is 0 Å². The highest BCUT2D eigenvalue weighted by Gasteiger charge is 2.50. The Morgan fingerprint density at radius 2 is 1.74 bits per heavy atom. The van der Waals surface area contributed by atoms with Gasteiger partial charge >= 0.3 is 6.18 Å². The zero-order chi connectivity index (χ0) is 22.3. The second kappa shape index (κ2) is 7.91. The van der Waals surface area contributed by atoms with E-state index < -0.39 is 53.3 Å². The van der Waals surface area contributed by atoms with Gasteiger partial charge in [-0.15, -0.1) is 0 Å². The Bertz CT molecular complexity index is 1050. The normalized spacial score (nSPS) is 19.3. The maximum Gasteiger partial charge on any atom is 0.409 e. The van der Waals surface area contributed by atoms with Gasteiger partial charge in [-0.2, -0.15) is 18.2 Å². The summed E-state index contributed by atoms with van der Waals surface area (Å²) in [4.78, 5) is 31.6. The number of benzene rings is 1. The Balaban J connectivity index is 1.88. The number of hydrogen-bond acceptors (Lipinski definition) is 5. The molecule has 1 amide bonds. The summed E-state index contributed by atoms with van der Waals surface area (Å²) in [5.41, 5.74) is -1.81. The van der Waals surface area contributed by atoms with Crippen LogP contribution < -0.4 is 15.4 Å². The van der Waals surface area contributed by atoms with Gasteiger partial charge in [0.25, 0.3) is 11.5 Å². The Morgan fingerprint density at radius 1 is 1.10 bits per heavy atom. The molecule has 0 aliphatic carbocycles. The number of morpholine rings is 1. The van der Waals surface area contributed by atoms with Crippen LogP contribution in [-0.4, -0.2) is 54.0 Å². The number of ether oxygens (including phenoxy) is 1. The lowest BCUT2D eigenvalue weighted by molar-refractivity contribution is -0.151. The molecule has 0 N–H and O–H groups in total. The highest BCUT2D eigenvalue weighted by molar-refractivity contribution is 6.06. The van der Waals surface area contributed by atoms with Gasteiger partial charge in [-0.05, 0) is 18.6 Å². The van der Waals surface area contributed by atoms with Crippen LogP contribution in [0.4, 0.5) is 33.7 Å². The van der Waals surface area contributed by atoms with E-state index in [1.165, 1.54) is 0 Å². The minimum atomic E-state index is -4.91. The quantitative estimate of drug-likeness (QED) is 0.666. The summed E-state index contributed by atoms with van der Waals surface area (Å²) in [6.07, 6.45) is -5.56.